The fraction of sp³-hybridized carbons (Fsp3) is 0.143. The Balaban J connectivity index is -0.0000000366. The van der Waals surface area contributed by atoms with E-state index in [1.54, 1.807) is 18.2 Å². The monoisotopic (exact) mass is 444 g/mol. The van der Waals surface area contributed by atoms with Crippen molar-refractivity contribution in [1.29, 1.82) is 0 Å². The first-order valence-electron chi connectivity index (χ1n) is 6.29. The van der Waals surface area contributed by atoms with Gasteiger partial charge in [0.2, 0.25) is 0 Å². The van der Waals surface area contributed by atoms with Gasteiger partial charge >= 0.3 is 45.2 Å². The van der Waals surface area contributed by atoms with Gasteiger partial charge in [-0.25, -0.2) is 12.1 Å². The maximum Gasteiger partial charge on any atom is 0 e. The van der Waals surface area contributed by atoms with E-state index in [2.05, 4.69) is 50.9 Å². The third-order valence-electron chi connectivity index (χ3n) is 1.65. The van der Waals surface area contributed by atoms with Crippen molar-refractivity contribution >= 4 is 0 Å². The maximum atomic E-state index is 7.50. The van der Waals surface area contributed by atoms with E-state index >= 15 is 0 Å². The molecule has 0 heterocycles. The van der Waals surface area contributed by atoms with Crippen LogP contribution in [0, 0.1) is 64.0 Å². The molecule has 0 aliphatic carbocycles. The first kappa shape index (κ1) is 44.5. The summed E-state index contributed by atoms with van der Waals surface area (Å²) in [6.07, 6.45) is 6.32. The summed E-state index contributed by atoms with van der Waals surface area (Å²) >= 11 is 0. The zero-order chi connectivity index (χ0) is 20.6. The molecule has 0 aliphatic rings. The molecule has 2 aromatic rings. The van der Waals surface area contributed by atoms with Crippen molar-refractivity contribution < 1.29 is 52.7 Å². The van der Waals surface area contributed by atoms with Crippen molar-refractivity contribution in [3.05, 3.63) is 113 Å². The van der Waals surface area contributed by atoms with Crippen LogP contribution in [0.4, 0.5) is 0 Å². The number of allylic oxidation sites excluding steroid dienone is 2. The molecule has 0 amide bonds. The molecular formula is C21H16Fe2O4-8. The summed E-state index contributed by atoms with van der Waals surface area (Å²) in [5, 5.41) is 0. The molecule has 0 aromatic heterocycles. The van der Waals surface area contributed by atoms with E-state index in [4.69, 9.17) is 31.8 Å². The van der Waals surface area contributed by atoms with Crippen LogP contribution >= 0.6 is 0 Å². The molecule has 0 saturated carbocycles. The van der Waals surface area contributed by atoms with Crippen LogP contribution in [-0.2, 0) is 52.7 Å². The molecular weight excluding hydrogens is 428 g/mol. The summed E-state index contributed by atoms with van der Waals surface area (Å²) in [7, 11) is 0. The molecule has 148 valence electrons. The van der Waals surface area contributed by atoms with Crippen LogP contribution in [0.2, 0.25) is 0 Å². The first-order valence-corrected chi connectivity index (χ1v) is 6.29. The van der Waals surface area contributed by atoms with Crippen LogP contribution < -0.4 is 0 Å². The van der Waals surface area contributed by atoms with Crippen LogP contribution in [0.5, 0.6) is 0 Å². The summed E-state index contributed by atoms with van der Waals surface area (Å²) in [5.74, 6) is 0. The van der Waals surface area contributed by atoms with E-state index in [0.29, 0.717) is 0 Å². The van der Waals surface area contributed by atoms with Crippen molar-refractivity contribution in [2.75, 3.05) is 0 Å². The average Bonchev–Trinajstić information content (AvgIpc) is 3.47. The predicted molar refractivity (Wildman–Crippen MR) is 86.7 cm³/mol. The zero-order valence-corrected chi connectivity index (χ0v) is 16.4. The Kier molecular flexibility index (Phi) is 123. The summed E-state index contributed by atoms with van der Waals surface area (Å²) in [5.41, 5.74) is 0. The second-order valence-corrected chi connectivity index (χ2v) is 3.05. The van der Waals surface area contributed by atoms with Crippen LogP contribution in [0.3, 0.4) is 0 Å². The Morgan fingerprint density at radius 2 is 1.07 bits per heavy atom. The molecule has 0 saturated heterocycles. The Morgan fingerprint density at radius 1 is 0.741 bits per heavy atom. The second kappa shape index (κ2) is 74.8. The summed E-state index contributed by atoms with van der Waals surface area (Å²) < 4.78 is 30.0. The Labute approximate surface area is 184 Å². The second-order valence-electron chi connectivity index (χ2n) is 3.05. The van der Waals surface area contributed by atoms with Gasteiger partial charge in [0.1, 0.15) is 0 Å². The minimum Gasteiger partial charge on any atom is -0.999 e. The molecule has 0 spiro atoms. The van der Waals surface area contributed by atoms with Gasteiger partial charge in [0.15, 0.2) is 0 Å². The minimum absolute atomic E-state index is 0. The van der Waals surface area contributed by atoms with Crippen molar-refractivity contribution in [1.82, 2.24) is 0 Å². The minimum atomic E-state index is 0. The number of hydrogen-bond acceptors (Lipinski definition) is 0. The molecule has 2 rings (SSSR count). The van der Waals surface area contributed by atoms with Crippen molar-refractivity contribution in [3.63, 3.8) is 0 Å². The fourth-order valence-electron chi connectivity index (χ4n) is 0.855. The van der Waals surface area contributed by atoms with E-state index in [0.717, 1.165) is 19.3 Å². The smallest absolute Gasteiger partial charge is 0 e. The molecule has 0 unspecified atom stereocenters. The topological polar surface area (TPSA) is 79.6 Å². The van der Waals surface area contributed by atoms with Gasteiger partial charge in [-0.1, -0.05) is 19.3 Å². The van der Waals surface area contributed by atoms with Gasteiger partial charge in [-0.05, 0) is 0 Å². The van der Waals surface area contributed by atoms with Gasteiger partial charge in [0, 0.05) is 34.1 Å². The molecule has 0 N–H and O–H groups in total. The van der Waals surface area contributed by atoms with Gasteiger partial charge in [0.25, 0.3) is 0 Å². The predicted octanol–water partition coefficient (Wildman–Crippen LogP) is 3.99. The standard InChI is InChI=1S/C7H10.C5H5.C5H.4CO.2Fe/c1-3-5-7-6-4-2;2*1-2-4-5-3-1;4*1-2;;/h1-4H,5-7H2;1-5H;1H;;;;;;/q-2;-1;-5;;;;;;. The molecule has 0 atom stereocenters. The van der Waals surface area contributed by atoms with Gasteiger partial charge in [-0.3, -0.25) is 12.2 Å². The van der Waals surface area contributed by atoms with Gasteiger partial charge in [-0.2, -0.15) is 18.2 Å². The molecule has 0 aliphatic heterocycles. The third-order valence-corrected chi connectivity index (χ3v) is 1.65. The maximum absolute atomic E-state index is 7.50. The van der Waals surface area contributed by atoms with Crippen LogP contribution in [0.25, 0.3) is 0 Å². The summed E-state index contributed by atoms with van der Waals surface area (Å²) in [6.45, 7) is 28.2. The van der Waals surface area contributed by atoms with E-state index in [1.165, 1.54) is 0 Å². The number of unbranched alkanes of at least 4 members (excludes halogenated alkanes) is 2. The molecule has 0 fully saturated rings. The van der Waals surface area contributed by atoms with Crippen LogP contribution in [0.1, 0.15) is 19.3 Å². The Bertz CT molecular complexity index is 389. The SMILES string of the molecule is [C-]#[O+].[C-]#[O+].[C-]#[O+].[C-]#[O+].[CH-]=CCCCC=[CH-].[Fe].[Fe].[c-]1[c-][c-][cH-][c-]1.c1cc[cH-]c1. The zero-order valence-electron chi connectivity index (χ0n) is 14.2. The summed E-state index contributed by atoms with van der Waals surface area (Å²) in [6, 6.07) is 22.0. The average molecular weight is 444 g/mol. The number of rotatable bonds is 4. The van der Waals surface area contributed by atoms with E-state index in [-0.39, 0.29) is 34.1 Å². The third kappa shape index (κ3) is 80.2. The molecule has 6 heteroatoms. The first-order chi connectivity index (χ1) is 12.4. The van der Waals surface area contributed by atoms with Gasteiger partial charge < -0.3 is 43.5 Å². The van der Waals surface area contributed by atoms with Gasteiger partial charge in [-0.15, -0.1) is 0 Å². The van der Waals surface area contributed by atoms with E-state index in [1.807, 2.05) is 30.3 Å². The van der Waals surface area contributed by atoms with E-state index in [9.17, 15) is 0 Å². The Morgan fingerprint density at radius 3 is 1.22 bits per heavy atom. The molecule has 0 bridgehead atoms. The largest absolute Gasteiger partial charge is 0.999 e. The fourth-order valence-corrected chi connectivity index (χ4v) is 0.855. The molecule has 4 nitrogen and oxygen atoms in total. The molecule has 0 radical (unpaired) electrons. The number of hydrogen-bond donors (Lipinski definition) is 0. The van der Waals surface area contributed by atoms with Crippen molar-refractivity contribution in [2.24, 2.45) is 0 Å². The van der Waals surface area contributed by atoms with Crippen LogP contribution in [-0.4, -0.2) is 0 Å². The molecule has 2 aromatic carbocycles. The normalized spacial score (nSPS) is 5.33. The molecule has 27 heavy (non-hydrogen) atoms. The quantitative estimate of drug-likeness (QED) is 0.296. The van der Waals surface area contributed by atoms with Crippen LogP contribution in [0.15, 0.2) is 48.6 Å². The van der Waals surface area contributed by atoms with Crippen molar-refractivity contribution in [2.45, 2.75) is 19.3 Å². The summed E-state index contributed by atoms with van der Waals surface area (Å²) in [4.78, 5) is 0. The van der Waals surface area contributed by atoms with Crippen molar-refractivity contribution in [3.8, 4) is 0 Å². The van der Waals surface area contributed by atoms with E-state index < -0.39 is 0 Å². The Hall–Kier alpha value is -1.82. The van der Waals surface area contributed by atoms with Gasteiger partial charge in [0.05, 0.1) is 0 Å².